The molecule has 1 unspecified atom stereocenters. The van der Waals surface area contributed by atoms with Crippen molar-refractivity contribution < 1.29 is 21.6 Å². The summed E-state index contributed by atoms with van der Waals surface area (Å²) in [5.41, 5.74) is 0.959. The molecule has 1 N–H and O–H groups in total. The van der Waals surface area contributed by atoms with E-state index in [9.17, 15) is 16.8 Å². The summed E-state index contributed by atoms with van der Waals surface area (Å²) >= 11 is 0. The Morgan fingerprint density at radius 1 is 1.21 bits per heavy atom. The van der Waals surface area contributed by atoms with Crippen molar-refractivity contribution in [1.29, 1.82) is 0 Å². The molecule has 2 heterocycles. The highest BCUT2D eigenvalue weighted by Crippen LogP contribution is 2.26. The Hall–Kier alpha value is -0.960. The lowest BCUT2D eigenvalue weighted by atomic mass is 10.2. The first-order valence-corrected chi connectivity index (χ1v) is 11.5. The van der Waals surface area contributed by atoms with Gasteiger partial charge in [-0.3, -0.25) is 0 Å². The van der Waals surface area contributed by atoms with Crippen LogP contribution in [0, 0.1) is 6.92 Å². The molecule has 0 bridgehead atoms. The smallest absolute Gasteiger partial charge is 0.183 e. The third kappa shape index (κ3) is 3.82. The van der Waals surface area contributed by atoms with E-state index in [0.717, 1.165) is 18.4 Å². The van der Waals surface area contributed by atoms with E-state index in [-0.39, 0.29) is 22.5 Å². The highest BCUT2D eigenvalue weighted by atomic mass is 32.2. The molecule has 0 spiro atoms. The molecule has 0 amide bonds. The van der Waals surface area contributed by atoms with Crippen LogP contribution in [-0.2, 0) is 24.4 Å². The lowest BCUT2D eigenvalue weighted by Gasteiger charge is -2.21. The number of sulfone groups is 2. The average molecular weight is 373 g/mol. The van der Waals surface area contributed by atoms with Gasteiger partial charge >= 0.3 is 0 Å². The number of hydrogen-bond acceptors (Lipinski definition) is 6. The molecule has 3 atom stereocenters. The van der Waals surface area contributed by atoms with Crippen molar-refractivity contribution in [2.24, 2.45) is 0 Å². The van der Waals surface area contributed by atoms with E-state index in [1.54, 1.807) is 24.3 Å². The Kier molecular flexibility index (Phi) is 5.01. The first kappa shape index (κ1) is 17.8. The van der Waals surface area contributed by atoms with E-state index in [1.807, 2.05) is 6.92 Å². The third-order valence-corrected chi connectivity index (χ3v) is 8.85. The fourth-order valence-electron chi connectivity index (χ4n) is 3.30. The molecule has 3 rings (SSSR count). The summed E-state index contributed by atoms with van der Waals surface area (Å²) in [4.78, 5) is 0.180. The number of hydrogen-bond donors (Lipinski definition) is 1. The van der Waals surface area contributed by atoms with Crippen LogP contribution in [0.5, 0.6) is 0 Å². The maximum Gasteiger partial charge on any atom is 0.183 e. The van der Waals surface area contributed by atoms with Crippen molar-refractivity contribution in [2.45, 2.75) is 42.1 Å². The van der Waals surface area contributed by atoms with E-state index < -0.39 is 31.0 Å². The van der Waals surface area contributed by atoms with Gasteiger partial charge < -0.3 is 10.1 Å². The maximum absolute atomic E-state index is 12.9. The minimum Gasteiger partial charge on any atom is -0.377 e. The maximum atomic E-state index is 12.9. The van der Waals surface area contributed by atoms with E-state index in [4.69, 9.17) is 4.74 Å². The fraction of sp³-hybridized carbons (Fsp3) is 0.625. The van der Waals surface area contributed by atoms with Gasteiger partial charge in [-0.1, -0.05) is 17.7 Å². The molecule has 2 fully saturated rings. The number of rotatable bonds is 5. The van der Waals surface area contributed by atoms with Gasteiger partial charge in [0.15, 0.2) is 19.7 Å². The molecule has 8 heteroatoms. The summed E-state index contributed by atoms with van der Waals surface area (Å²) < 4.78 is 55.4. The summed E-state index contributed by atoms with van der Waals surface area (Å²) in [5, 5.41) is 2.18. The van der Waals surface area contributed by atoms with Gasteiger partial charge in [0.2, 0.25) is 0 Å². The van der Waals surface area contributed by atoms with Crippen LogP contribution in [0.4, 0.5) is 0 Å². The summed E-state index contributed by atoms with van der Waals surface area (Å²) in [5.74, 6) is -0.470. The van der Waals surface area contributed by atoms with Gasteiger partial charge in [0.25, 0.3) is 0 Å². The van der Waals surface area contributed by atoms with Gasteiger partial charge in [-0.05, 0) is 31.9 Å². The van der Waals surface area contributed by atoms with Gasteiger partial charge in [-0.15, -0.1) is 0 Å². The van der Waals surface area contributed by atoms with Crippen molar-refractivity contribution in [3.05, 3.63) is 29.8 Å². The minimum atomic E-state index is -3.70. The number of benzene rings is 1. The SMILES string of the molecule is Cc1ccc(S(=O)(=O)[C@H]2CS(=O)(=O)C[C@@H]2NCC2CCCO2)cc1. The van der Waals surface area contributed by atoms with Gasteiger partial charge in [0.05, 0.1) is 27.8 Å². The number of nitrogens with one attached hydrogen (secondary N) is 1. The minimum absolute atomic E-state index is 0.0380. The first-order chi connectivity index (χ1) is 11.3. The monoisotopic (exact) mass is 373 g/mol. The van der Waals surface area contributed by atoms with Crippen molar-refractivity contribution in [2.75, 3.05) is 24.7 Å². The highest BCUT2D eigenvalue weighted by molar-refractivity contribution is 7.96. The number of ether oxygens (including phenoxy) is 1. The molecule has 0 aliphatic carbocycles. The summed E-state index contributed by atoms with van der Waals surface area (Å²) in [6.45, 7) is 3.07. The zero-order valence-electron chi connectivity index (χ0n) is 13.6. The van der Waals surface area contributed by atoms with Crippen LogP contribution in [0.15, 0.2) is 29.2 Å². The van der Waals surface area contributed by atoms with Crippen LogP contribution in [-0.4, -0.2) is 58.9 Å². The predicted molar refractivity (Wildman–Crippen MR) is 91.6 cm³/mol. The standard InChI is InChI=1S/C16H23NO5S2/c1-12-4-6-14(7-5-12)24(20,21)16-11-23(18,19)10-15(16)17-9-13-3-2-8-22-13/h4-7,13,15-17H,2-3,8-11H2,1H3/t13?,15-,16-/m0/s1. The lowest BCUT2D eigenvalue weighted by molar-refractivity contribution is 0.108. The Bertz CT molecular complexity index is 780. The lowest BCUT2D eigenvalue weighted by Crippen LogP contribution is -2.45. The summed E-state index contributed by atoms with van der Waals surface area (Å²) in [6, 6.07) is 5.96. The normalized spacial score (nSPS) is 29.8. The van der Waals surface area contributed by atoms with E-state index in [0.29, 0.717) is 13.2 Å². The Balaban J connectivity index is 1.80. The Labute approximate surface area is 143 Å². The summed E-state index contributed by atoms with van der Waals surface area (Å²) in [6.07, 6.45) is 1.94. The molecule has 24 heavy (non-hydrogen) atoms. The molecule has 0 aromatic heterocycles. The fourth-order valence-corrected chi connectivity index (χ4v) is 8.02. The largest absolute Gasteiger partial charge is 0.377 e. The van der Waals surface area contributed by atoms with Crippen molar-refractivity contribution >= 4 is 19.7 Å². The predicted octanol–water partition coefficient (Wildman–Crippen LogP) is 0.703. The zero-order chi connectivity index (χ0) is 17.4. The molecule has 2 aliphatic rings. The van der Waals surface area contributed by atoms with Crippen LogP contribution in [0.1, 0.15) is 18.4 Å². The first-order valence-electron chi connectivity index (χ1n) is 8.14. The van der Waals surface area contributed by atoms with E-state index in [1.165, 1.54) is 0 Å². The molecule has 6 nitrogen and oxygen atoms in total. The molecule has 134 valence electrons. The van der Waals surface area contributed by atoms with Crippen LogP contribution in [0.3, 0.4) is 0 Å². The van der Waals surface area contributed by atoms with Gasteiger partial charge in [0.1, 0.15) is 0 Å². The molecule has 1 aromatic carbocycles. The van der Waals surface area contributed by atoms with Crippen molar-refractivity contribution in [3.63, 3.8) is 0 Å². The third-order valence-electron chi connectivity index (χ3n) is 4.68. The Morgan fingerprint density at radius 3 is 2.54 bits per heavy atom. The molecule has 2 saturated heterocycles. The molecular formula is C16H23NO5S2. The molecule has 1 aromatic rings. The van der Waals surface area contributed by atoms with Gasteiger partial charge in [-0.25, -0.2) is 16.8 Å². The zero-order valence-corrected chi connectivity index (χ0v) is 15.3. The van der Waals surface area contributed by atoms with Crippen molar-refractivity contribution in [3.8, 4) is 0 Å². The van der Waals surface area contributed by atoms with Crippen molar-refractivity contribution in [1.82, 2.24) is 5.32 Å². The van der Waals surface area contributed by atoms with Crippen LogP contribution in [0.2, 0.25) is 0 Å². The topological polar surface area (TPSA) is 89.5 Å². The van der Waals surface area contributed by atoms with Gasteiger partial charge in [-0.2, -0.15) is 0 Å². The average Bonchev–Trinajstić information content (AvgIpc) is 3.13. The second-order valence-electron chi connectivity index (χ2n) is 6.62. The quantitative estimate of drug-likeness (QED) is 0.817. The van der Waals surface area contributed by atoms with Gasteiger partial charge in [0, 0.05) is 19.2 Å². The second-order valence-corrected chi connectivity index (χ2v) is 10.9. The van der Waals surface area contributed by atoms with E-state index in [2.05, 4.69) is 5.32 Å². The second kappa shape index (κ2) is 6.74. The van der Waals surface area contributed by atoms with Crippen LogP contribution >= 0.6 is 0 Å². The molecular weight excluding hydrogens is 350 g/mol. The molecule has 2 aliphatic heterocycles. The molecule has 0 saturated carbocycles. The highest BCUT2D eigenvalue weighted by Gasteiger charge is 2.45. The summed E-state index contributed by atoms with van der Waals surface area (Å²) in [7, 11) is -7.08. The Morgan fingerprint density at radius 2 is 1.92 bits per heavy atom. The number of aryl methyl sites for hydroxylation is 1. The van der Waals surface area contributed by atoms with E-state index >= 15 is 0 Å². The molecule has 0 radical (unpaired) electrons. The van der Waals surface area contributed by atoms with Crippen LogP contribution in [0.25, 0.3) is 0 Å². The van der Waals surface area contributed by atoms with Crippen LogP contribution < -0.4 is 5.32 Å².